The molecule has 1 saturated heterocycles. The van der Waals surface area contributed by atoms with Crippen molar-refractivity contribution in [3.8, 4) is 0 Å². The van der Waals surface area contributed by atoms with Crippen LogP contribution in [0.2, 0.25) is 0 Å². The minimum Gasteiger partial charge on any atom is -0.309 e. The van der Waals surface area contributed by atoms with Crippen LogP contribution in [0.25, 0.3) is 0 Å². The van der Waals surface area contributed by atoms with E-state index >= 15 is 0 Å². The highest BCUT2D eigenvalue weighted by Gasteiger charge is 2.38. The Morgan fingerprint density at radius 2 is 1.89 bits per heavy atom. The van der Waals surface area contributed by atoms with Gasteiger partial charge in [0, 0.05) is 30.7 Å². The molecule has 1 aliphatic carbocycles. The molecule has 2 aliphatic rings. The van der Waals surface area contributed by atoms with E-state index in [1.54, 1.807) is 0 Å². The van der Waals surface area contributed by atoms with Crippen LogP contribution in [0.5, 0.6) is 0 Å². The van der Waals surface area contributed by atoms with Crippen molar-refractivity contribution in [3.63, 3.8) is 0 Å². The molecule has 1 saturated carbocycles. The lowest BCUT2D eigenvalue weighted by Crippen LogP contribution is -2.65. The fourth-order valence-corrected chi connectivity index (χ4v) is 3.91. The largest absolute Gasteiger partial charge is 0.309 e. The number of rotatable bonds is 4. The lowest BCUT2D eigenvalue weighted by atomic mass is 9.86. The van der Waals surface area contributed by atoms with Gasteiger partial charge in [-0.1, -0.05) is 40.0 Å². The lowest BCUT2D eigenvalue weighted by Gasteiger charge is -2.50. The van der Waals surface area contributed by atoms with Crippen molar-refractivity contribution >= 4 is 0 Å². The second-order valence-corrected chi connectivity index (χ2v) is 7.54. The third kappa shape index (κ3) is 3.95. The summed E-state index contributed by atoms with van der Waals surface area (Å²) in [7, 11) is 0. The predicted molar refractivity (Wildman–Crippen MR) is 83.5 cm³/mol. The van der Waals surface area contributed by atoms with Crippen molar-refractivity contribution in [2.75, 3.05) is 13.1 Å². The molecule has 2 nitrogen and oxygen atoms in total. The Morgan fingerprint density at radius 1 is 1.21 bits per heavy atom. The molecule has 0 radical (unpaired) electrons. The van der Waals surface area contributed by atoms with Gasteiger partial charge in [-0.15, -0.1) is 0 Å². The number of hydrogen-bond acceptors (Lipinski definition) is 2. The molecule has 1 aliphatic heterocycles. The van der Waals surface area contributed by atoms with E-state index in [1.165, 1.54) is 58.0 Å². The zero-order valence-electron chi connectivity index (χ0n) is 13.5. The minimum atomic E-state index is 0.338. The van der Waals surface area contributed by atoms with Crippen molar-refractivity contribution in [1.29, 1.82) is 0 Å². The molecule has 0 aromatic heterocycles. The minimum absolute atomic E-state index is 0.338. The van der Waals surface area contributed by atoms with Gasteiger partial charge in [-0.2, -0.15) is 0 Å². The molecule has 0 bridgehead atoms. The first kappa shape index (κ1) is 15.3. The number of nitrogens with zero attached hydrogens (tertiary/aromatic N) is 1. The normalized spacial score (nSPS) is 34.9. The van der Waals surface area contributed by atoms with E-state index < -0.39 is 0 Å². The Morgan fingerprint density at radius 3 is 2.47 bits per heavy atom. The molecule has 2 fully saturated rings. The van der Waals surface area contributed by atoms with E-state index in [1.807, 2.05) is 0 Å². The number of hydrogen-bond donors (Lipinski definition) is 1. The SMILES string of the molecule is CCC1(C)CN(C2CCCCC2)C(CC(C)C)CN1. The quantitative estimate of drug-likeness (QED) is 0.832. The molecule has 2 unspecified atom stereocenters. The molecule has 2 atom stereocenters. The van der Waals surface area contributed by atoms with Crippen LogP contribution in [0.4, 0.5) is 0 Å². The van der Waals surface area contributed by atoms with Gasteiger partial charge in [0.05, 0.1) is 0 Å². The summed E-state index contributed by atoms with van der Waals surface area (Å²) in [5.41, 5.74) is 0.338. The summed E-state index contributed by atoms with van der Waals surface area (Å²) in [4.78, 5) is 2.89. The van der Waals surface area contributed by atoms with E-state index in [9.17, 15) is 0 Å². The van der Waals surface area contributed by atoms with Gasteiger partial charge < -0.3 is 5.32 Å². The Kier molecular flexibility index (Phi) is 5.30. The first-order chi connectivity index (χ1) is 9.04. The van der Waals surface area contributed by atoms with Crippen molar-refractivity contribution in [2.24, 2.45) is 5.92 Å². The molecule has 19 heavy (non-hydrogen) atoms. The van der Waals surface area contributed by atoms with Crippen LogP contribution in [-0.2, 0) is 0 Å². The Hall–Kier alpha value is -0.0800. The predicted octanol–water partition coefficient (Wildman–Crippen LogP) is 3.81. The first-order valence-corrected chi connectivity index (χ1v) is 8.55. The molecule has 0 aromatic carbocycles. The Labute approximate surface area is 120 Å². The highest BCUT2D eigenvalue weighted by atomic mass is 15.3. The van der Waals surface area contributed by atoms with E-state index in [-0.39, 0.29) is 0 Å². The third-order valence-corrected chi connectivity index (χ3v) is 5.33. The molecular weight excluding hydrogens is 232 g/mol. The molecule has 0 amide bonds. The maximum Gasteiger partial charge on any atom is 0.0278 e. The monoisotopic (exact) mass is 266 g/mol. The van der Waals surface area contributed by atoms with Crippen LogP contribution in [0.1, 0.15) is 72.6 Å². The third-order valence-electron chi connectivity index (χ3n) is 5.33. The summed E-state index contributed by atoms with van der Waals surface area (Å²) in [5.74, 6) is 0.809. The summed E-state index contributed by atoms with van der Waals surface area (Å²) >= 11 is 0. The molecule has 2 rings (SSSR count). The van der Waals surface area contributed by atoms with Gasteiger partial charge in [-0.3, -0.25) is 4.90 Å². The van der Waals surface area contributed by atoms with Gasteiger partial charge in [0.25, 0.3) is 0 Å². The maximum absolute atomic E-state index is 3.83. The molecule has 0 spiro atoms. The molecule has 1 N–H and O–H groups in total. The first-order valence-electron chi connectivity index (χ1n) is 8.55. The van der Waals surface area contributed by atoms with Crippen LogP contribution in [0, 0.1) is 5.92 Å². The number of piperazine rings is 1. The summed E-state index contributed by atoms with van der Waals surface area (Å²) in [6.45, 7) is 11.9. The van der Waals surface area contributed by atoms with Gasteiger partial charge in [0.15, 0.2) is 0 Å². The fraction of sp³-hybridized carbons (Fsp3) is 1.00. The van der Waals surface area contributed by atoms with Crippen molar-refractivity contribution < 1.29 is 0 Å². The van der Waals surface area contributed by atoms with Crippen molar-refractivity contribution in [1.82, 2.24) is 10.2 Å². The zero-order chi connectivity index (χ0) is 13.9. The Bertz CT molecular complexity index is 270. The average Bonchev–Trinajstić information content (AvgIpc) is 2.42. The topological polar surface area (TPSA) is 15.3 Å². The van der Waals surface area contributed by atoms with Crippen LogP contribution in [0.15, 0.2) is 0 Å². The van der Waals surface area contributed by atoms with Gasteiger partial charge in [-0.25, -0.2) is 0 Å². The zero-order valence-corrected chi connectivity index (χ0v) is 13.5. The fourth-order valence-electron chi connectivity index (χ4n) is 3.91. The second kappa shape index (κ2) is 6.58. The highest BCUT2D eigenvalue weighted by Crippen LogP contribution is 2.30. The number of nitrogens with one attached hydrogen (secondary N) is 1. The smallest absolute Gasteiger partial charge is 0.0278 e. The summed E-state index contributed by atoms with van der Waals surface area (Å²) < 4.78 is 0. The highest BCUT2D eigenvalue weighted by molar-refractivity contribution is 4.97. The van der Waals surface area contributed by atoms with Crippen molar-refractivity contribution in [2.45, 2.75) is 90.3 Å². The van der Waals surface area contributed by atoms with E-state index in [0.29, 0.717) is 5.54 Å². The van der Waals surface area contributed by atoms with Gasteiger partial charge in [0.1, 0.15) is 0 Å². The summed E-state index contributed by atoms with van der Waals surface area (Å²) in [6.07, 6.45) is 9.83. The van der Waals surface area contributed by atoms with E-state index in [0.717, 1.165) is 18.0 Å². The van der Waals surface area contributed by atoms with Crippen molar-refractivity contribution in [3.05, 3.63) is 0 Å². The molecule has 0 aromatic rings. The average molecular weight is 266 g/mol. The van der Waals surface area contributed by atoms with Crippen LogP contribution >= 0.6 is 0 Å². The molecular formula is C17H34N2. The van der Waals surface area contributed by atoms with Crippen LogP contribution < -0.4 is 5.32 Å². The maximum atomic E-state index is 3.83. The molecule has 1 heterocycles. The lowest BCUT2D eigenvalue weighted by molar-refractivity contribution is 0.0224. The van der Waals surface area contributed by atoms with Gasteiger partial charge in [-0.05, 0) is 38.5 Å². The van der Waals surface area contributed by atoms with Gasteiger partial charge in [0.2, 0.25) is 0 Å². The summed E-state index contributed by atoms with van der Waals surface area (Å²) in [5, 5.41) is 3.83. The van der Waals surface area contributed by atoms with Crippen LogP contribution in [0.3, 0.4) is 0 Å². The molecule has 112 valence electrons. The molecule has 2 heteroatoms. The standard InChI is InChI=1S/C17H34N2/c1-5-17(4)13-19(15-9-7-6-8-10-15)16(12-18-17)11-14(2)3/h14-16,18H,5-13H2,1-4H3. The van der Waals surface area contributed by atoms with E-state index in [2.05, 4.69) is 37.9 Å². The van der Waals surface area contributed by atoms with Crippen LogP contribution in [-0.4, -0.2) is 35.6 Å². The van der Waals surface area contributed by atoms with Gasteiger partial charge >= 0.3 is 0 Å². The second-order valence-electron chi connectivity index (χ2n) is 7.54. The van der Waals surface area contributed by atoms with E-state index in [4.69, 9.17) is 0 Å². The Balaban J connectivity index is 2.05. The summed E-state index contributed by atoms with van der Waals surface area (Å²) in [6, 6.07) is 1.63.